The summed E-state index contributed by atoms with van der Waals surface area (Å²) >= 11 is 3.47. The van der Waals surface area contributed by atoms with Gasteiger partial charge in [0, 0.05) is 22.8 Å². The van der Waals surface area contributed by atoms with Gasteiger partial charge in [0.1, 0.15) is 0 Å². The van der Waals surface area contributed by atoms with Crippen molar-refractivity contribution in [1.29, 1.82) is 0 Å². The molecule has 1 saturated carbocycles. The van der Waals surface area contributed by atoms with Crippen molar-refractivity contribution < 1.29 is 9.53 Å². The Balaban J connectivity index is 1.77. The number of halogens is 1. The maximum absolute atomic E-state index is 13.1. The van der Waals surface area contributed by atoms with Crippen LogP contribution in [0.1, 0.15) is 43.7 Å². The van der Waals surface area contributed by atoms with Crippen LogP contribution in [0.2, 0.25) is 0 Å². The molecule has 0 unspecified atom stereocenters. The maximum Gasteiger partial charge on any atom is 0.230 e. The van der Waals surface area contributed by atoms with Gasteiger partial charge in [-0.1, -0.05) is 47.0 Å². The Kier molecular flexibility index (Phi) is 5.74. The number of rotatable bonds is 6. The number of benzene rings is 1. The van der Waals surface area contributed by atoms with Crippen LogP contribution in [0.15, 0.2) is 47.1 Å². The van der Waals surface area contributed by atoms with Crippen LogP contribution < -0.4 is 10.1 Å². The largest absolute Gasteiger partial charge is 0.478 e. The van der Waals surface area contributed by atoms with Crippen molar-refractivity contribution in [3.8, 4) is 5.88 Å². The minimum Gasteiger partial charge on any atom is -0.478 e. The lowest BCUT2D eigenvalue weighted by atomic mass is 9.78. The van der Waals surface area contributed by atoms with E-state index in [0.29, 0.717) is 19.0 Å². The molecule has 2 aromatic rings. The number of carbonyl (C=O) groups excluding carboxylic acids is 1. The Morgan fingerprint density at radius 3 is 2.64 bits per heavy atom. The Morgan fingerprint density at radius 2 is 1.96 bits per heavy atom. The van der Waals surface area contributed by atoms with Crippen LogP contribution in [0.3, 0.4) is 0 Å². The summed E-state index contributed by atoms with van der Waals surface area (Å²) in [6.07, 6.45) is 5.66. The first-order valence-electron chi connectivity index (χ1n) is 8.77. The molecule has 25 heavy (non-hydrogen) atoms. The number of nitrogens with zero attached hydrogens (tertiary/aromatic N) is 1. The molecule has 0 radical (unpaired) electrons. The molecular formula is C20H23BrN2O2. The van der Waals surface area contributed by atoms with Crippen molar-refractivity contribution in [3.63, 3.8) is 0 Å². The summed E-state index contributed by atoms with van der Waals surface area (Å²) < 4.78 is 6.58. The molecule has 0 aliphatic heterocycles. The molecule has 1 fully saturated rings. The van der Waals surface area contributed by atoms with E-state index in [0.717, 1.165) is 41.3 Å². The molecule has 1 aliphatic carbocycles. The first-order valence-corrected chi connectivity index (χ1v) is 9.56. The molecule has 1 aromatic heterocycles. The van der Waals surface area contributed by atoms with Gasteiger partial charge in [-0.3, -0.25) is 4.79 Å². The quantitative estimate of drug-likeness (QED) is 0.779. The maximum atomic E-state index is 13.1. The molecule has 1 N–H and O–H groups in total. The lowest BCUT2D eigenvalue weighted by Gasteiger charge is -2.28. The molecule has 1 amide bonds. The van der Waals surface area contributed by atoms with E-state index in [1.165, 1.54) is 0 Å². The summed E-state index contributed by atoms with van der Waals surface area (Å²) in [5, 5.41) is 3.12. The van der Waals surface area contributed by atoms with Gasteiger partial charge in [0.15, 0.2) is 0 Å². The minimum atomic E-state index is -0.422. The van der Waals surface area contributed by atoms with Gasteiger partial charge in [-0.15, -0.1) is 0 Å². The number of carbonyl (C=O) groups is 1. The van der Waals surface area contributed by atoms with Crippen LogP contribution in [0.5, 0.6) is 5.88 Å². The molecule has 1 aliphatic rings. The second-order valence-corrected chi connectivity index (χ2v) is 7.30. The Hall–Kier alpha value is -1.88. The molecule has 4 nitrogen and oxygen atoms in total. The zero-order valence-electron chi connectivity index (χ0n) is 14.4. The molecular weight excluding hydrogens is 380 g/mol. The van der Waals surface area contributed by atoms with Gasteiger partial charge >= 0.3 is 0 Å². The fourth-order valence-electron chi connectivity index (χ4n) is 3.56. The fraction of sp³-hybridized carbons (Fsp3) is 0.400. The molecule has 0 spiro atoms. The van der Waals surface area contributed by atoms with Crippen molar-refractivity contribution >= 4 is 21.8 Å². The predicted molar refractivity (Wildman–Crippen MR) is 102 cm³/mol. The van der Waals surface area contributed by atoms with Crippen LogP contribution in [0.25, 0.3) is 0 Å². The zero-order valence-corrected chi connectivity index (χ0v) is 16.0. The Morgan fingerprint density at radius 1 is 1.24 bits per heavy atom. The minimum absolute atomic E-state index is 0.0959. The summed E-state index contributed by atoms with van der Waals surface area (Å²) in [4.78, 5) is 17.4. The highest BCUT2D eigenvalue weighted by Gasteiger charge is 2.42. The van der Waals surface area contributed by atoms with E-state index in [2.05, 4.69) is 38.4 Å². The third-order valence-electron chi connectivity index (χ3n) is 4.86. The van der Waals surface area contributed by atoms with Crippen molar-refractivity contribution in [2.24, 2.45) is 0 Å². The smallest absolute Gasteiger partial charge is 0.230 e. The molecule has 132 valence electrons. The molecule has 0 bridgehead atoms. The first-order chi connectivity index (χ1) is 12.2. The average molecular weight is 403 g/mol. The van der Waals surface area contributed by atoms with Gasteiger partial charge < -0.3 is 10.1 Å². The first kappa shape index (κ1) is 17.9. The van der Waals surface area contributed by atoms with Crippen LogP contribution >= 0.6 is 15.9 Å². The lowest BCUT2D eigenvalue weighted by Crippen LogP contribution is -2.42. The number of hydrogen-bond acceptors (Lipinski definition) is 3. The van der Waals surface area contributed by atoms with E-state index >= 15 is 0 Å². The highest BCUT2D eigenvalue weighted by Crippen LogP contribution is 2.41. The van der Waals surface area contributed by atoms with Gasteiger partial charge in [0.05, 0.1) is 12.0 Å². The van der Waals surface area contributed by atoms with Gasteiger partial charge in [-0.25, -0.2) is 4.98 Å². The lowest BCUT2D eigenvalue weighted by molar-refractivity contribution is -0.126. The Labute approximate surface area is 157 Å². The number of ether oxygens (including phenoxy) is 1. The molecule has 1 heterocycles. The van der Waals surface area contributed by atoms with Crippen molar-refractivity contribution in [1.82, 2.24) is 10.3 Å². The van der Waals surface area contributed by atoms with Crippen LogP contribution in [-0.4, -0.2) is 17.5 Å². The molecule has 5 heteroatoms. The van der Waals surface area contributed by atoms with Gasteiger partial charge in [0.25, 0.3) is 0 Å². The predicted octanol–water partition coefficient (Wildman–Crippen LogP) is 4.37. The zero-order chi connectivity index (χ0) is 17.7. The number of nitrogens with one attached hydrogen (secondary N) is 1. The van der Waals surface area contributed by atoms with E-state index in [9.17, 15) is 4.79 Å². The van der Waals surface area contributed by atoms with E-state index in [1.807, 2.05) is 31.2 Å². The second kappa shape index (κ2) is 8.00. The molecule has 1 aromatic carbocycles. The topological polar surface area (TPSA) is 51.2 Å². The third kappa shape index (κ3) is 3.87. The van der Waals surface area contributed by atoms with E-state index < -0.39 is 5.41 Å². The molecule has 3 rings (SSSR count). The van der Waals surface area contributed by atoms with E-state index in [1.54, 1.807) is 6.20 Å². The fourth-order valence-corrected chi connectivity index (χ4v) is 3.83. The highest BCUT2D eigenvalue weighted by molar-refractivity contribution is 9.10. The van der Waals surface area contributed by atoms with Crippen molar-refractivity contribution in [3.05, 3.63) is 58.2 Å². The van der Waals surface area contributed by atoms with Gasteiger partial charge in [-0.05, 0) is 43.5 Å². The van der Waals surface area contributed by atoms with E-state index in [4.69, 9.17) is 4.74 Å². The van der Waals surface area contributed by atoms with Crippen molar-refractivity contribution in [2.45, 2.75) is 44.6 Å². The number of hydrogen-bond donors (Lipinski definition) is 1. The normalized spacial score (nSPS) is 15.8. The van der Waals surface area contributed by atoms with Crippen LogP contribution in [0, 0.1) is 0 Å². The van der Waals surface area contributed by atoms with Crippen LogP contribution in [0.4, 0.5) is 0 Å². The summed E-state index contributed by atoms with van der Waals surface area (Å²) in [6, 6.07) is 12.0. The summed E-state index contributed by atoms with van der Waals surface area (Å²) in [7, 11) is 0. The SMILES string of the molecule is CCOc1ncccc1CNC(=O)C1(c2ccc(Br)cc2)CCCC1. The monoisotopic (exact) mass is 402 g/mol. The number of amides is 1. The number of aromatic nitrogens is 1. The molecule has 0 atom stereocenters. The standard InChI is InChI=1S/C20H23BrN2O2/c1-2-25-18-15(6-5-13-22-18)14-23-19(24)20(11-3-4-12-20)16-7-9-17(21)10-8-16/h5-10,13H,2-4,11-12,14H2,1H3,(H,23,24). The Bertz CT molecular complexity index is 725. The molecule has 0 saturated heterocycles. The summed E-state index contributed by atoms with van der Waals surface area (Å²) in [6.45, 7) is 2.92. The van der Waals surface area contributed by atoms with Crippen molar-refractivity contribution in [2.75, 3.05) is 6.61 Å². The number of pyridine rings is 1. The summed E-state index contributed by atoms with van der Waals surface area (Å²) in [5.74, 6) is 0.688. The van der Waals surface area contributed by atoms with Gasteiger partial charge in [0.2, 0.25) is 11.8 Å². The summed E-state index contributed by atoms with van der Waals surface area (Å²) in [5.41, 5.74) is 1.58. The second-order valence-electron chi connectivity index (χ2n) is 6.38. The van der Waals surface area contributed by atoms with Crippen LogP contribution in [-0.2, 0) is 16.8 Å². The highest BCUT2D eigenvalue weighted by atomic mass is 79.9. The third-order valence-corrected chi connectivity index (χ3v) is 5.39. The average Bonchev–Trinajstić information content (AvgIpc) is 3.13. The van der Waals surface area contributed by atoms with Gasteiger partial charge in [-0.2, -0.15) is 0 Å². The van der Waals surface area contributed by atoms with E-state index in [-0.39, 0.29) is 5.91 Å².